The molecule has 0 spiro atoms. The molecule has 0 atom stereocenters. The van der Waals surface area contributed by atoms with Crippen LogP contribution in [0.2, 0.25) is 0 Å². The van der Waals surface area contributed by atoms with Crippen LogP contribution in [0.5, 0.6) is 5.75 Å². The minimum atomic E-state index is -3.87. The summed E-state index contributed by atoms with van der Waals surface area (Å²) in [5.74, 6) is -0.738. The second kappa shape index (κ2) is 7.41. The Morgan fingerprint density at radius 2 is 1.92 bits per heavy atom. The summed E-state index contributed by atoms with van der Waals surface area (Å²) in [5, 5.41) is 2.31. The lowest BCUT2D eigenvalue weighted by molar-refractivity contribution is -0.115. The number of hydrogen-bond acceptors (Lipinski definition) is 4. The Hall–Kier alpha value is -2.45. The van der Waals surface area contributed by atoms with Gasteiger partial charge >= 0.3 is 0 Å². The molecule has 0 unspecified atom stereocenters. The maximum absolute atomic E-state index is 13.4. The molecule has 0 aliphatic rings. The van der Waals surface area contributed by atoms with Gasteiger partial charge < -0.3 is 10.1 Å². The molecule has 6 nitrogen and oxygen atoms in total. The standard InChI is InChI=1S/C16H17FN2O4S/c1-11-9-12(23-2)7-8-15(11)24(21,22)18-10-16(20)19-14-6-4-3-5-13(14)17/h3-9,18H,10H2,1-2H3,(H,19,20). The fourth-order valence-corrected chi connectivity index (χ4v) is 3.25. The second-order valence-corrected chi connectivity index (χ2v) is 6.72. The molecule has 0 fully saturated rings. The number of methoxy groups -OCH3 is 1. The summed E-state index contributed by atoms with van der Waals surface area (Å²) in [6.07, 6.45) is 0. The summed E-state index contributed by atoms with van der Waals surface area (Å²) < 4.78 is 45.2. The number of aryl methyl sites for hydroxylation is 1. The van der Waals surface area contributed by atoms with Crippen molar-refractivity contribution in [3.8, 4) is 5.75 Å². The highest BCUT2D eigenvalue weighted by atomic mass is 32.2. The van der Waals surface area contributed by atoms with Gasteiger partial charge in [0.15, 0.2) is 0 Å². The van der Waals surface area contributed by atoms with Crippen LogP contribution in [0.25, 0.3) is 0 Å². The third kappa shape index (κ3) is 4.30. The Morgan fingerprint density at radius 3 is 2.54 bits per heavy atom. The molecule has 128 valence electrons. The monoisotopic (exact) mass is 352 g/mol. The number of sulfonamides is 1. The van der Waals surface area contributed by atoms with E-state index in [1.54, 1.807) is 19.1 Å². The van der Waals surface area contributed by atoms with Gasteiger partial charge in [-0.1, -0.05) is 12.1 Å². The van der Waals surface area contributed by atoms with Crippen LogP contribution < -0.4 is 14.8 Å². The van der Waals surface area contributed by atoms with Crippen molar-refractivity contribution in [2.45, 2.75) is 11.8 Å². The number of nitrogens with one attached hydrogen (secondary N) is 2. The molecule has 0 bridgehead atoms. The molecule has 0 aliphatic heterocycles. The van der Waals surface area contributed by atoms with Crippen molar-refractivity contribution in [2.75, 3.05) is 19.0 Å². The van der Waals surface area contributed by atoms with Gasteiger partial charge in [-0.25, -0.2) is 17.5 Å². The maximum atomic E-state index is 13.4. The fourth-order valence-electron chi connectivity index (χ4n) is 2.05. The van der Waals surface area contributed by atoms with E-state index in [0.717, 1.165) is 0 Å². The van der Waals surface area contributed by atoms with E-state index in [2.05, 4.69) is 10.0 Å². The van der Waals surface area contributed by atoms with Gasteiger partial charge in [-0.15, -0.1) is 0 Å². The normalized spacial score (nSPS) is 11.1. The predicted octanol–water partition coefficient (Wildman–Crippen LogP) is 2.06. The van der Waals surface area contributed by atoms with Crippen LogP contribution in [0, 0.1) is 12.7 Å². The molecular weight excluding hydrogens is 335 g/mol. The number of benzene rings is 2. The lowest BCUT2D eigenvalue weighted by Crippen LogP contribution is -2.33. The van der Waals surface area contributed by atoms with E-state index in [0.29, 0.717) is 11.3 Å². The van der Waals surface area contributed by atoms with Gasteiger partial charge in [0, 0.05) is 0 Å². The Labute approximate surface area is 139 Å². The molecule has 0 saturated carbocycles. The van der Waals surface area contributed by atoms with Crippen LogP contribution in [0.15, 0.2) is 47.4 Å². The molecule has 0 saturated heterocycles. The first kappa shape index (κ1) is 17.9. The first-order chi connectivity index (χ1) is 11.3. The summed E-state index contributed by atoms with van der Waals surface area (Å²) >= 11 is 0. The van der Waals surface area contributed by atoms with Crippen molar-refractivity contribution in [1.82, 2.24) is 4.72 Å². The molecule has 2 rings (SSSR count). The van der Waals surface area contributed by atoms with Crippen molar-refractivity contribution in [2.24, 2.45) is 0 Å². The zero-order valence-electron chi connectivity index (χ0n) is 13.2. The van der Waals surface area contributed by atoms with E-state index >= 15 is 0 Å². The van der Waals surface area contributed by atoms with Gasteiger partial charge in [0.05, 0.1) is 24.2 Å². The Balaban J connectivity index is 2.05. The van der Waals surface area contributed by atoms with Gasteiger partial charge in [-0.3, -0.25) is 4.79 Å². The summed E-state index contributed by atoms with van der Waals surface area (Å²) in [6, 6.07) is 10.1. The summed E-state index contributed by atoms with van der Waals surface area (Å²) in [5.41, 5.74) is 0.471. The maximum Gasteiger partial charge on any atom is 0.241 e. The first-order valence-corrected chi connectivity index (χ1v) is 8.50. The van der Waals surface area contributed by atoms with E-state index in [4.69, 9.17) is 4.74 Å². The molecule has 2 N–H and O–H groups in total. The minimum absolute atomic E-state index is 0.0117. The number of carbonyl (C=O) groups excluding carboxylic acids is 1. The van der Waals surface area contributed by atoms with Gasteiger partial charge in [-0.05, 0) is 42.8 Å². The fraction of sp³-hybridized carbons (Fsp3) is 0.188. The van der Waals surface area contributed by atoms with E-state index in [1.165, 1.54) is 37.4 Å². The van der Waals surface area contributed by atoms with Crippen LogP contribution in [-0.2, 0) is 14.8 Å². The average Bonchev–Trinajstić information content (AvgIpc) is 2.55. The predicted molar refractivity (Wildman–Crippen MR) is 87.9 cm³/mol. The van der Waals surface area contributed by atoms with Crippen LogP contribution in [0.3, 0.4) is 0 Å². The Kier molecular flexibility index (Phi) is 5.53. The summed E-state index contributed by atoms with van der Waals surface area (Å²) in [6.45, 7) is 1.11. The van der Waals surface area contributed by atoms with Crippen molar-refractivity contribution in [3.63, 3.8) is 0 Å². The topological polar surface area (TPSA) is 84.5 Å². The molecular formula is C16H17FN2O4S. The van der Waals surface area contributed by atoms with Crippen LogP contribution >= 0.6 is 0 Å². The minimum Gasteiger partial charge on any atom is -0.497 e. The third-order valence-electron chi connectivity index (χ3n) is 3.24. The van der Waals surface area contributed by atoms with E-state index in [9.17, 15) is 17.6 Å². The molecule has 24 heavy (non-hydrogen) atoms. The Morgan fingerprint density at radius 1 is 1.21 bits per heavy atom. The number of carbonyl (C=O) groups is 1. The molecule has 2 aromatic carbocycles. The number of ether oxygens (including phenoxy) is 1. The molecule has 1 amide bonds. The average molecular weight is 352 g/mol. The highest BCUT2D eigenvalue weighted by Gasteiger charge is 2.18. The second-order valence-electron chi connectivity index (χ2n) is 4.98. The number of hydrogen-bond donors (Lipinski definition) is 2. The van der Waals surface area contributed by atoms with E-state index in [1.807, 2.05) is 0 Å². The number of anilines is 1. The number of rotatable bonds is 6. The quantitative estimate of drug-likeness (QED) is 0.833. The van der Waals surface area contributed by atoms with E-state index in [-0.39, 0.29) is 10.6 Å². The number of halogens is 1. The SMILES string of the molecule is COc1ccc(S(=O)(=O)NCC(=O)Nc2ccccc2F)c(C)c1. The third-order valence-corrected chi connectivity index (χ3v) is 4.80. The van der Waals surface area contributed by atoms with Gasteiger partial charge in [-0.2, -0.15) is 0 Å². The van der Waals surface area contributed by atoms with Crippen LogP contribution in [0.4, 0.5) is 10.1 Å². The molecule has 0 radical (unpaired) electrons. The van der Waals surface area contributed by atoms with Crippen LogP contribution in [0.1, 0.15) is 5.56 Å². The van der Waals surface area contributed by atoms with Gasteiger partial charge in [0.1, 0.15) is 11.6 Å². The number of amides is 1. The summed E-state index contributed by atoms with van der Waals surface area (Å²) in [7, 11) is -2.39. The first-order valence-electron chi connectivity index (χ1n) is 7.02. The highest BCUT2D eigenvalue weighted by Crippen LogP contribution is 2.20. The number of para-hydroxylation sites is 1. The lowest BCUT2D eigenvalue weighted by atomic mass is 10.2. The van der Waals surface area contributed by atoms with Gasteiger partial charge in [0.2, 0.25) is 15.9 Å². The van der Waals surface area contributed by atoms with Crippen molar-refractivity contribution < 1.29 is 22.3 Å². The zero-order valence-corrected chi connectivity index (χ0v) is 14.0. The molecule has 8 heteroatoms. The molecule has 0 aliphatic carbocycles. The van der Waals surface area contributed by atoms with Crippen LogP contribution in [-0.4, -0.2) is 28.0 Å². The highest BCUT2D eigenvalue weighted by molar-refractivity contribution is 7.89. The van der Waals surface area contributed by atoms with Crippen molar-refractivity contribution >= 4 is 21.6 Å². The van der Waals surface area contributed by atoms with E-state index < -0.39 is 28.3 Å². The molecule has 0 heterocycles. The Bertz CT molecular complexity index is 853. The van der Waals surface area contributed by atoms with Gasteiger partial charge in [0.25, 0.3) is 0 Å². The zero-order chi connectivity index (χ0) is 17.7. The smallest absolute Gasteiger partial charge is 0.241 e. The molecule has 0 aromatic heterocycles. The largest absolute Gasteiger partial charge is 0.497 e. The van der Waals surface area contributed by atoms with Crippen molar-refractivity contribution in [3.05, 3.63) is 53.8 Å². The lowest BCUT2D eigenvalue weighted by Gasteiger charge is -2.11. The molecule has 2 aromatic rings. The van der Waals surface area contributed by atoms with Crippen molar-refractivity contribution in [1.29, 1.82) is 0 Å². The summed E-state index contributed by atoms with van der Waals surface area (Å²) in [4.78, 5) is 11.8.